The maximum absolute atomic E-state index is 10.7. The molecule has 2 heterocycles. The second kappa shape index (κ2) is 6.14. The van der Waals surface area contributed by atoms with Crippen molar-refractivity contribution in [1.82, 2.24) is 0 Å². The van der Waals surface area contributed by atoms with Gasteiger partial charge in [0.1, 0.15) is 25.1 Å². The molecule has 6 atom stereocenters. The number of rotatable bonds is 4. The van der Waals surface area contributed by atoms with Crippen LogP contribution in [0.3, 0.4) is 0 Å². The Morgan fingerprint density at radius 1 is 1.12 bits per heavy atom. The van der Waals surface area contributed by atoms with E-state index in [9.17, 15) is 10.2 Å². The lowest BCUT2D eigenvalue weighted by molar-refractivity contribution is -0.281. The highest BCUT2D eigenvalue weighted by Crippen LogP contribution is 2.51. The first-order valence-electron chi connectivity index (χ1n) is 8.25. The molecule has 0 amide bonds. The van der Waals surface area contributed by atoms with Crippen LogP contribution < -0.4 is 0 Å². The highest BCUT2D eigenvalue weighted by atomic mass is 16.8. The first kappa shape index (κ1) is 18.5. The van der Waals surface area contributed by atoms with E-state index in [0.717, 1.165) is 0 Å². The smallest absolute Gasteiger partial charge is 0.164 e. The number of hydrogen-bond acceptors (Lipinski definition) is 8. The Hall–Kier alpha value is -0.320. The van der Waals surface area contributed by atoms with Gasteiger partial charge >= 0.3 is 0 Å². The summed E-state index contributed by atoms with van der Waals surface area (Å²) in [6, 6.07) is 0. The quantitative estimate of drug-likeness (QED) is 0.686. The molecule has 0 aromatic rings. The second-order valence-electron chi connectivity index (χ2n) is 7.60. The van der Waals surface area contributed by atoms with E-state index < -0.39 is 47.5 Å². The molecule has 2 saturated heterocycles. The molecule has 3 aliphatic rings. The Bertz CT molecular complexity index is 467. The van der Waals surface area contributed by atoms with Crippen molar-refractivity contribution in [2.75, 3.05) is 27.1 Å². The summed E-state index contributed by atoms with van der Waals surface area (Å²) in [4.78, 5) is 0. The summed E-state index contributed by atoms with van der Waals surface area (Å²) in [5, 5.41) is 20.6. The van der Waals surface area contributed by atoms with Gasteiger partial charge in [0.05, 0.1) is 19.3 Å². The fourth-order valence-electron chi connectivity index (χ4n) is 4.06. The Labute approximate surface area is 141 Å². The van der Waals surface area contributed by atoms with Crippen LogP contribution in [0.1, 0.15) is 27.7 Å². The van der Waals surface area contributed by atoms with E-state index in [1.807, 2.05) is 13.8 Å². The Kier molecular flexibility index (Phi) is 4.72. The summed E-state index contributed by atoms with van der Waals surface area (Å²) in [6.07, 6.45) is -2.86. The van der Waals surface area contributed by atoms with E-state index in [4.69, 9.17) is 28.4 Å². The molecule has 1 aliphatic carbocycles. The van der Waals surface area contributed by atoms with E-state index in [2.05, 4.69) is 0 Å². The molecular formula is C16H28O8. The third kappa shape index (κ3) is 2.89. The summed E-state index contributed by atoms with van der Waals surface area (Å²) in [7, 11) is 1.51. The van der Waals surface area contributed by atoms with Crippen molar-refractivity contribution in [3.63, 3.8) is 0 Å². The largest absolute Gasteiger partial charge is 0.396 e. The number of aliphatic hydroxyl groups excluding tert-OH is 2. The van der Waals surface area contributed by atoms with Crippen molar-refractivity contribution in [1.29, 1.82) is 0 Å². The van der Waals surface area contributed by atoms with E-state index in [1.165, 1.54) is 7.11 Å². The monoisotopic (exact) mass is 348 g/mol. The van der Waals surface area contributed by atoms with Crippen LogP contribution in [0.15, 0.2) is 0 Å². The van der Waals surface area contributed by atoms with Crippen molar-refractivity contribution >= 4 is 0 Å². The second-order valence-corrected chi connectivity index (χ2v) is 7.60. The average molecular weight is 348 g/mol. The van der Waals surface area contributed by atoms with Crippen molar-refractivity contribution in [3.8, 4) is 0 Å². The van der Waals surface area contributed by atoms with Crippen LogP contribution >= 0.6 is 0 Å². The minimum atomic E-state index is -1.01. The van der Waals surface area contributed by atoms with Gasteiger partial charge < -0.3 is 38.6 Å². The predicted molar refractivity (Wildman–Crippen MR) is 81.0 cm³/mol. The zero-order valence-electron chi connectivity index (χ0n) is 14.9. The van der Waals surface area contributed by atoms with Crippen LogP contribution in [-0.2, 0) is 28.4 Å². The lowest BCUT2D eigenvalue weighted by Gasteiger charge is -2.50. The number of methoxy groups -OCH3 is 1. The number of fused-ring (bicyclic) bond motifs is 2. The number of ether oxygens (including phenoxy) is 6. The molecule has 24 heavy (non-hydrogen) atoms. The molecule has 0 aromatic carbocycles. The molecule has 0 aromatic heterocycles. The van der Waals surface area contributed by atoms with Crippen molar-refractivity contribution < 1.29 is 38.6 Å². The molecule has 1 saturated carbocycles. The summed E-state index contributed by atoms with van der Waals surface area (Å²) < 4.78 is 34.9. The molecular weight excluding hydrogens is 320 g/mol. The van der Waals surface area contributed by atoms with Gasteiger partial charge in [0, 0.05) is 13.0 Å². The van der Waals surface area contributed by atoms with Gasteiger partial charge in [0.25, 0.3) is 0 Å². The minimum Gasteiger partial charge on any atom is -0.396 e. The van der Waals surface area contributed by atoms with Crippen molar-refractivity contribution in [2.45, 2.75) is 69.3 Å². The summed E-state index contributed by atoms with van der Waals surface area (Å²) >= 11 is 0. The van der Waals surface area contributed by atoms with E-state index in [1.54, 1.807) is 13.8 Å². The first-order valence-corrected chi connectivity index (χ1v) is 8.25. The molecule has 8 nitrogen and oxygen atoms in total. The van der Waals surface area contributed by atoms with Gasteiger partial charge in [-0.15, -0.1) is 0 Å². The fraction of sp³-hybridized carbons (Fsp3) is 1.00. The number of hydrogen-bond donors (Lipinski definition) is 2. The van der Waals surface area contributed by atoms with Gasteiger partial charge in [-0.2, -0.15) is 0 Å². The molecule has 140 valence electrons. The van der Waals surface area contributed by atoms with Crippen LogP contribution in [-0.4, -0.2) is 78.9 Å². The lowest BCUT2D eigenvalue weighted by atomic mass is 9.70. The third-order valence-electron chi connectivity index (χ3n) is 4.91. The topological polar surface area (TPSA) is 95.8 Å². The lowest BCUT2D eigenvalue weighted by Crippen LogP contribution is -2.70. The van der Waals surface area contributed by atoms with E-state index in [-0.39, 0.29) is 20.0 Å². The highest BCUT2D eigenvalue weighted by Gasteiger charge is 2.69. The molecule has 0 bridgehead atoms. The predicted octanol–water partition coefficient (Wildman–Crippen LogP) is 0.000300. The van der Waals surface area contributed by atoms with E-state index in [0.29, 0.717) is 0 Å². The van der Waals surface area contributed by atoms with Gasteiger partial charge in [0.2, 0.25) is 0 Å². The van der Waals surface area contributed by atoms with E-state index >= 15 is 0 Å². The van der Waals surface area contributed by atoms with Crippen LogP contribution in [0, 0.1) is 5.92 Å². The van der Waals surface area contributed by atoms with Gasteiger partial charge in [-0.1, -0.05) is 0 Å². The van der Waals surface area contributed by atoms with Crippen LogP contribution in [0.4, 0.5) is 0 Å². The van der Waals surface area contributed by atoms with Crippen molar-refractivity contribution in [3.05, 3.63) is 0 Å². The maximum atomic E-state index is 10.7. The molecule has 8 heteroatoms. The van der Waals surface area contributed by atoms with Gasteiger partial charge in [-0.25, -0.2) is 0 Å². The molecule has 0 radical (unpaired) electrons. The minimum absolute atomic E-state index is 0.00105. The number of aliphatic hydroxyl groups is 2. The summed E-state index contributed by atoms with van der Waals surface area (Å²) in [5.74, 6) is -2.33. The Balaban J connectivity index is 2.01. The highest BCUT2D eigenvalue weighted by molar-refractivity contribution is 5.15. The summed E-state index contributed by atoms with van der Waals surface area (Å²) in [6.45, 7) is 7.11. The Morgan fingerprint density at radius 3 is 2.38 bits per heavy atom. The van der Waals surface area contributed by atoms with Crippen LogP contribution in [0.25, 0.3) is 0 Å². The van der Waals surface area contributed by atoms with Crippen LogP contribution in [0.5, 0.6) is 0 Å². The maximum Gasteiger partial charge on any atom is 0.164 e. The normalized spacial score (nSPS) is 46.4. The molecule has 3 fully saturated rings. The first-order chi connectivity index (χ1) is 11.2. The van der Waals surface area contributed by atoms with Crippen LogP contribution in [0.2, 0.25) is 0 Å². The molecule has 0 unspecified atom stereocenters. The average Bonchev–Trinajstić information content (AvgIpc) is 2.99. The SMILES string of the molecule is COCO[C@@H]1[C@H](CO)[C@H](O)[C@@H]2OC(C)(C)O[C@@H]2[C@]12COC(C)(C)O2. The van der Waals surface area contributed by atoms with Crippen molar-refractivity contribution in [2.24, 2.45) is 5.92 Å². The zero-order valence-corrected chi connectivity index (χ0v) is 14.9. The molecule has 3 rings (SSSR count). The van der Waals surface area contributed by atoms with Gasteiger partial charge in [0.15, 0.2) is 17.2 Å². The molecule has 1 spiro atoms. The third-order valence-corrected chi connectivity index (χ3v) is 4.91. The summed E-state index contributed by atoms with van der Waals surface area (Å²) in [5.41, 5.74) is -1.01. The fourth-order valence-corrected chi connectivity index (χ4v) is 4.06. The molecule has 2 N–H and O–H groups in total. The zero-order chi connectivity index (χ0) is 17.8. The van der Waals surface area contributed by atoms with Gasteiger partial charge in [-0.3, -0.25) is 0 Å². The Morgan fingerprint density at radius 2 is 1.83 bits per heavy atom. The molecule has 2 aliphatic heterocycles. The van der Waals surface area contributed by atoms with Gasteiger partial charge in [-0.05, 0) is 27.7 Å². The standard InChI is InChI=1S/C16H28O8/c1-14(2)21-7-16(24-14)12(20-8-19-5)9(6-17)10(18)11-13(16)23-15(3,4)22-11/h9-13,17-18H,6-8H2,1-5H3/t9-,10+,11+,12-,13+,16+/m1/s1.